The lowest BCUT2D eigenvalue weighted by molar-refractivity contribution is 0.0783. The van der Waals surface area contributed by atoms with Gasteiger partial charge in [0, 0.05) is 28.6 Å². The van der Waals surface area contributed by atoms with Gasteiger partial charge in [-0.15, -0.1) is 0 Å². The topological polar surface area (TPSA) is 21.3 Å². The molecular formula is C15H21Cl2NO. The Morgan fingerprint density at radius 2 is 2.21 bits per heavy atom. The molecule has 3 unspecified atom stereocenters. The molecule has 0 radical (unpaired) electrons. The van der Waals surface area contributed by atoms with Crippen molar-refractivity contribution in [2.45, 2.75) is 38.3 Å². The number of hydrogen-bond acceptors (Lipinski definition) is 2. The van der Waals surface area contributed by atoms with E-state index in [0.717, 1.165) is 41.5 Å². The fourth-order valence-electron chi connectivity index (χ4n) is 2.95. The van der Waals surface area contributed by atoms with E-state index in [2.05, 4.69) is 12.2 Å². The van der Waals surface area contributed by atoms with Crippen LogP contribution >= 0.6 is 23.2 Å². The Morgan fingerprint density at radius 3 is 2.89 bits per heavy atom. The van der Waals surface area contributed by atoms with Gasteiger partial charge >= 0.3 is 0 Å². The van der Waals surface area contributed by atoms with Crippen LogP contribution in [0.5, 0.6) is 0 Å². The van der Waals surface area contributed by atoms with Gasteiger partial charge < -0.3 is 10.1 Å². The summed E-state index contributed by atoms with van der Waals surface area (Å²) in [7, 11) is 2.01. The minimum Gasteiger partial charge on any atom is -0.378 e. The minimum absolute atomic E-state index is 0.357. The largest absolute Gasteiger partial charge is 0.378 e. The van der Waals surface area contributed by atoms with E-state index in [1.807, 2.05) is 25.2 Å². The van der Waals surface area contributed by atoms with E-state index >= 15 is 0 Å². The number of hydrogen-bond donors (Lipinski definition) is 1. The number of halogens is 2. The second-order valence-electron chi connectivity index (χ2n) is 5.11. The Balaban J connectivity index is 2.12. The molecule has 3 atom stereocenters. The van der Waals surface area contributed by atoms with Crippen molar-refractivity contribution in [1.29, 1.82) is 0 Å². The lowest BCUT2D eigenvalue weighted by Gasteiger charge is -2.27. The molecule has 1 aromatic rings. The van der Waals surface area contributed by atoms with Crippen LogP contribution in [0.2, 0.25) is 10.0 Å². The molecule has 1 aliphatic heterocycles. The van der Waals surface area contributed by atoms with Crippen molar-refractivity contribution in [1.82, 2.24) is 5.32 Å². The summed E-state index contributed by atoms with van der Waals surface area (Å²) in [6, 6.07) is 6.04. The molecule has 1 heterocycles. The van der Waals surface area contributed by atoms with Gasteiger partial charge in [0.25, 0.3) is 0 Å². The summed E-state index contributed by atoms with van der Waals surface area (Å²) in [5, 5.41) is 4.95. The first-order chi connectivity index (χ1) is 9.15. The van der Waals surface area contributed by atoms with Crippen molar-refractivity contribution in [3.63, 3.8) is 0 Å². The van der Waals surface area contributed by atoms with Gasteiger partial charge in [0.1, 0.15) is 0 Å². The molecule has 1 aliphatic rings. The van der Waals surface area contributed by atoms with Crippen LogP contribution < -0.4 is 5.32 Å². The van der Waals surface area contributed by atoms with Crippen LogP contribution in [0.4, 0.5) is 0 Å². The maximum absolute atomic E-state index is 6.26. The third-order valence-electron chi connectivity index (χ3n) is 4.00. The van der Waals surface area contributed by atoms with Gasteiger partial charge in [-0.25, -0.2) is 0 Å². The molecule has 1 fully saturated rings. The zero-order chi connectivity index (χ0) is 13.8. The number of rotatable bonds is 5. The summed E-state index contributed by atoms with van der Waals surface area (Å²) in [5.41, 5.74) is 1.11. The van der Waals surface area contributed by atoms with Crippen LogP contribution in [0.25, 0.3) is 0 Å². The van der Waals surface area contributed by atoms with Crippen molar-refractivity contribution in [2.75, 3.05) is 13.7 Å². The van der Waals surface area contributed by atoms with E-state index in [0.29, 0.717) is 18.1 Å². The van der Waals surface area contributed by atoms with Crippen LogP contribution in [0, 0.1) is 5.92 Å². The molecule has 0 bridgehead atoms. The normalized spacial score (nSPS) is 24.6. The summed E-state index contributed by atoms with van der Waals surface area (Å²) < 4.78 is 5.79. The van der Waals surface area contributed by atoms with Crippen molar-refractivity contribution < 1.29 is 4.74 Å². The van der Waals surface area contributed by atoms with Crippen LogP contribution in [0.3, 0.4) is 0 Å². The summed E-state index contributed by atoms with van der Waals surface area (Å²) in [6.45, 7) is 3.05. The number of benzene rings is 1. The first-order valence-corrected chi connectivity index (χ1v) is 7.64. The lowest BCUT2D eigenvalue weighted by atomic mass is 9.87. The van der Waals surface area contributed by atoms with E-state index in [9.17, 15) is 0 Å². The van der Waals surface area contributed by atoms with Crippen molar-refractivity contribution in [3.8, 4) is 0 Å². The molecule has 2 nitrogen and oxygen atoms in total. The molecule has 0 aromatic heterocycles. The van der Waals surface area contributed by atoms with Crippen LogP contribution in [-0.4, -0.2) is 25.8 Å². The molecule has 2 rings (SSSR count). The molecule has 0 amide bonds. The smallest absolute Gasteiger partial charge is 0.0616 e. The second kappa shape index (κ2) is 6.94. The van der Waals surface area contributed by atoms with Gasteiger partial charge in [0.15, 0.2) is 0 Å². The molecule has 0 aliphatic carbocycles. The number of ether oxygens (including phenoxy) is 1. The fourth-order valence-corrected chi connectivity index (χ4v) is 3.34. The van der Waals surface area contributed by atoms with Crippen molar-refractivity contribution in [3.05, 3.63) is 33.8 Å². The van der Waals surface area contributed by atoms with Crippen molar-refractivity contribution in [2.24, 2.45) is 5.92 Å². The average Bonchev–Trinajstić information content (AvgIpc) is 2.88. The predicted molar refractivity (Wildman–Crippen MR) is 81.2 cm³/mol. The number of likely N-dealkylation sites (N-methyl/N-ethyl adjacent to an activating group) is 1. The van der Waals surface area contributed by atoms with Gasteiger partial charge in [0.2, 0.25) is 0 Å². The zero-order valence-electron chi connectivity index (χ0n) is 11.5. The van der Waals surface area contributed by atoms with Crippen LogP contribution in [0.1, 0.15) is 25.3 Å². The molecule has 1 saturated heterocycles. The van der Waals surface area contributed by atoms with Gasteiger partial charge in [-0.3, -0.25) is 0 Å². The maximum Gasteiger partial charge on any atom is 0.0616 e. The van der Waals surface area contributed by atoms with E-state index in [1.165, 1.54) is 0 Å². The van der Waals surface area contributed by atoms with Gasteiger partial charge in [-0.2, -0.15) is 0 Å². The molecule has 0 saturated carbocycles. The fraction of sp³-hybridized carbons (Fsp3) is 0.600. The molecule has 0 spiro atoms. The molecule has 4 heteroatoms. The SMILES string of the molecule is CCC1OCCC1C(Cc1cc(Cl)ccc1Cl)NC. The first kappa shape index (κ1) is 15.1. The highest BCUT2D eigenvalue weighted by Crippen LogP contribution is 2.30. The monoisotopic (exact) mass is 301 g/mol. The molecule has 19 heavy (non-hydrogen) atoms. The summed E-state index contributed by atoms with van der Waals surface area (Å²) in [4.78, 5) is 0. The highest BCUT2D eigenvalue weighted by molar-refractivity contribution is 6.33. The highest BCUT2D eigenvalue weighted by atomic mass is 35.5. The Labute approximate surface area is 125 Å². The second-order valence-corrected chi connectivity index (χ2v) is 5.95. The lowest BCUT2D eigenvalue weighted by Crippen LogP contribution is -2.39. The Bertz CT molecular complexity index is 425. The maximum atomic E-state index is 6.26. The zero-order valence-corrected chi connectivity index (χ0v) is 13.0. The van der Waals surface area contributed by atoms with E-state index in [4.69, 9.17) is 27.9 Å². The summed E-state index contributed by atoms with van der Waals surface area (Å²) >= 11 is 12.3. The van der Waals surface area contributed by atoms with Crippen LogP contribution in [0.15, 0.2) is 18.2 Å². The molecule has 106 valence electrons. The van der Waals surface area contributed by atoms with Gasteiger partial charge in [-0.1, -0.05) is 30.1 Å². The Kier molecular flexibility index (Phi) is 5.52. The Hall–Kier alpha value is -0.280. The van der Waals surface area contributed by atoms with Gasteiger partial charge in [0.05, 0.1) is 6.10 Å². The summed E-state index contributed by atoms with van der Waals surface area (Å²) in [5.74, 6) is 0.546. The van der Waals surface area contributed by atoms with Crippen molar-refractivity contribution >= 4 is 23.2 Å². The molecular weight excluding hydrogens is 281 g/mol. The number of nitrogens with one attached hydrogen (secondary N) is 1. The summed E-state index contributed by atoms with van der Waals surface area (Å²) in [6.07, 6.45) is 3.42. The van der Waals surface area contributed by atoms with E-state index < -0.39 is 0 Å². The van der Waals surface area contributed by atoms with E-state index in [1.54, 1.807) is 0 Å². The first-order valence-electron chi connectivity index (χ1n) is 6.88. The van der Waals surface area contributed by atoms with Gasteiger partial charge in [-0.05, 0) is 50.1 Å². The third-order valence-corrected chi connectivity index (χ3v) is 4.60. The van der Waals surface area contributed by atoms with E-state index in [-0.39, 0.29) is 0 Å². The minimum atomic E-state index is 0.357. The standard InChI is InChI=1S/C15H21Cl2NO/c1-3-15-12(6-7-19-15)14(18-2)9-10-8-11(16)4-5-13(10)17/h4-5,8,12,14-15,18H,3,6-7,9H2,1-2H3. The highest BCUT2D eigenvalue weighted by Gasteiger charge is 2.33. The molecule has 1 aromatic carbocycles. The quantitative estimate of drug-likeness (QED) is 0.889. The predicted octanol–water partition coefficient (Wildman–Crippen LogP) is 3.94. The van der Waals surface area contributed by atoms with Crippen LogP contribution in [-0.2, 0) is 11.2 Å². The molecule has 1 N–H and O–H groups in total. The third kappa shape index (κ3) is 3.63. The Morgan fingerprint density at radius 1 is 1.42 bits per heavy atom. The average molecular weight is 302 g/mol.